The lowest BCUT2D eigenvalue weighted by Gasteiger charge is -2.38. The molecule has 202 valence electrons. The molecule has 4 aliphatic heterocycles. The van der Waals surface area contributed by atoms with Crippen molar-refractivity contribution in [1.82, 2.24) is 4.90 Å². The molecule has 4 heterocycles. The Morgan fingerprint density at radius 2 is 1.62 bits per heavy atom. The van der Waals surface area contributed by atoms with Gasteiger partial charge in [0.05, 0.1) is 30.6 Å². The summed E-state index contributed by atoms with van der Waals surface area (Å²) in [5.74, 6) is -2.62. The number of ether oxygens (including phenoxy) is 1. The minimum Gasteiger partial charge on any atom is -0.394 e. The fourth-order valence-electron chi connectivity index (χ4n) is 6.58. The maximum absolute atomic E-state index is 14.4. The van der Waals surface area contributed by atoms with Crippen molar-refractivity contribution in [3.05, 3.63) is 83.9 Å². The van der Waals surface area contributed by atoms with Crippen molar-refractivity contribution in [2.24, 2.45) is 11.8 Å². The van der Waals surface area contributed by atoms with Gasteiger partial charge in [0.15, 0.2) is 0 Å². The summed E-state index contributed by atoms with van der Waals surface area (Å²) < 4.78 is 6.68. The van der Waals surface area contributed by atoms with Crippen LogP contribution in [0, 0.1) is 11.8 Å². The third-order valence-electron chi connectivity index (χ3n) is 8.38. The molecule has 2 saturated heterocycles. The zero-order valence-corrected chi connectivity index (χ0v) is 22.3. The highest BCUT2D eigenvalue weighted by atomic mass is 35.5. The van der Waals surface area contributed by atoms with E-state index in [1.807, 2.05) is 55.5 Å². The van der Waals surface area contributed by atoms with Gasteiger partial charge in [-0.25, -0.2) is 0 Å². The normalized spacial score (nSPS) is 30.6. The number of carbonyl (C=O) groups excluding carboxylic acids is 3. The molecule has 2 aromatic carbocycles. The monoisotopic (exact) mass is 547 g/mol. The van der Waals surface area contributed by atoms with Crippen LogP contribution in [-0.4, -0.2) is 71.2 Å². The molecule has 0 saturated carbocycles. The van der Waals surface area contributed by atoms with Gasteiger partial charge in [-0.1, -0.05) is 61.0 Å². The molecule has 2 aromatic rings. The number of halogens is 1. The van der Waals surface area contributed by atoms with E-state index in [-0.39, 0.29) is 30.9 Å². The largest absolute Gasteiger partial charge is 0.394 e. The zero-order chi connectivity index (χ0) is 27.3. The maximum atomic E-state index is 14.4. The number of benzene rings is 2. The first kappa shape index (κ1) is 25.8. The maximum Gasteiger partial charge on any atom is 0.253 e. The van der Waals surface area contributed by atoms with Crippen LogP contribution in [-0.2, 0) is 19.1 Å². The van der Waals surface area contributed by atoms with E-state index in [1.165, 1.54) is 4.90 Å². The minimum atomic E-state index is -1.35. The Kier molecular flexibility index (Phi) is 6.57. The number of fused-ring (bicyclic) bond motifs is 2. The molecule has 6 rings (SSSR count). The van der Waals surface area contributed by atoms with Crippen LogP contribution in [0.3, 0.4) is 0 Å². The Balaban J connectivity index is 1.46. The van der Waals surface area contributed by atoms with Gasteiger partial charge in [-0.15, -0.1) is 0 Å². The summed E-state index contributed by atoms with van der Waals surface area (Å²) in [6.45, 7) is 2.18. The van der Waals surface area contributed by atoms with E-state index in [9.17, 15) is 19.5 Å². The molecule has 1 unspecified atom stereocenters. The number of para-hydroxylation sites is 1. The number of aliphatic hydroxyl groups excluding tert-OH is 1. The van der Waals surface area contributed by atoms with Crippen molar-refractivity contribution in [3.8, 4) is 0 Å². The number of amides is 3. The van der Waals surface area contributed by atoms with Gasteiger partial charge in [-0.05, 0) is 42.8 Å². The van der Waals surface area contributed by atoms with Crippen LogP contribution >= 0.6 is 11.6 Å². The van der Waals surface area contributed by atoms with Crippen molar-refractivity contribution in [3.63, 3.8) is 0 Å². The van der Waals surface area contributed by atoms with Gasteiger partial charge in [0.25, 0.3) is 5.91 Å². The van der Waals surface area contributed by atoms with Gasteiger partial charge < -0.3 is 24.5 Å². The molecule has 3 amide bonds. The number of likely N-dealkylation sites (tertiary alicyclic amines) is 1. The van der Waals surface area contributed by atoms with Crippen molar-refractivity contribution >= 4 is 40.7 Å². The van der Waals surface area contributed by atoms with Gasteiger partial charge >= 0.3 is 0 Å². The number of hydrogen-bond acceptors (Lipinski definition) is 5. The summed E-state index contributed by atoms with van der Waals surface area (Å²) in [5, 5.41) is 10.8. The van der Waals surface area contributed by atoms with Crippen molar-refractivity contribution in [2.75, 3.05) is 29.5 Å². The summed E-state index contributed by atoms with van der Waals surface area (Å²) in [6, 6.07) is 14.6. The minimum absolute atomic E-state index is 0.219. The summed E-state index contributed by atoms with van der Waals surface area (Å²) in [4.78, 5) is 47.6. The predicted octanol–water partition coefficient (Wildman–Crippen LogP) is 3.20. The Morgan fingerprint density at radius 3 is 2.31 bits per heavy atom. The Morgan fingerprint density at radius 1 is 0.949 bits per heavy atom. The molecule has 4 aliphatic rings. The SMILES string of the molecule is CC[C@@H](CO)N1C(=O)[C@@H]2[C@@H]3C(=O)N(c4ccccc4)CC=C[C@@H]3O[C@@]23C=CCN(c2ccc(Cl)cc2)C(=O)C13. The van der Waals surface area contributed by atoms with Gasteiger partial charge in [0.1, 0.15) is 11.6 Å². The summed E-state index contributed by atoms with van der Waals surface area (Å²) in [5.41, 5.74) is 0.0145. The molecule has 1 N–H and O–H groups in total. The van der Waals surface area contributed by atoms with Gasteiger partial charge in [0, 0.05) is 29.5 Å². The van der Waals surface area contributed by atoms with Crippen molar-refractivity contribution in [1.29, 1.82) is 0 Å². The van der Waals surface area contributed by atoms with Crippen LogP contribution in [0.25, 0.3) is 0 Å². The average molecular weight is 548 g/mol. The van der Waals surface area contributed by atoms with Crippen LogP contribution < -0.4 is 9.80 Å². The van der Waals surface area contributed by atoms with Gasteiger partial charge in [-0.3, -0.25) is 14.4 Å². The average Bonchev–Trinajstić information content (AvgIpc) is 3.26. The standard InChI is InChI=1S/C30H30ClN3O5/c1-2-20(18-35)34-26-29(38)33(22-13-11-19(31)12-14-22)17-7-15-30(26)25(28(34)37)24-23(39-30)10-6-16-32(27(24)36)21-8-4-3-5-9-21/h3-15,20,23-26,35H,2,16-18H2,1H3/t20-,23-,24+,25-,26?,30-/m0/s1. The number of hydrogen-bond donors (Lipinski definition) is 1. The van der Waals surface area contributed by atoms with E-state index in [0.717, 1.165) is 5.69 Å². The molecular weight excluding hydrogens is 518 g/mol. The second-order valence-corrected chi connectivity index (χ2v) is 10.8. The first-order valence-corrected chi connectivity index (χ1v) is 13.7. The van der Waals surface area contributed by atoms with Crippen LogP contribution in [0.4, 0.5) is 11.4 Å². The Labute approximate surface area is 232 Å². The molecule has 0 aromatic heterocycles. The topological polar surface area (TPSA) is 90.4 Å². The smallest absolute Gasteiger partial charge is 0.253 e. The highest BCUT2D eigenvalue weighted by Gasteiger charge is 2.72. The van der Waals surface area contributed by atoms with E-state index in [4.69, 9.17) is 16.3 Å². The lowest BCUT2D eigenvalue weighted by atomic mass is 9.77. The molecule has 0 aliphatic carbocycles. The Hall–Kier alpha value is -3.46. The summed E-state index contributed by atoms with van der Waals surface area (Å²) in [6.07, 6.45) is 7.15. The lowest BCUT2D eigenvalue weighted by Crippen LogP contribution is -2.58. The molecule has 6 atom stereocenters. The quantitative estimate of drug-likeness (QED) is 0.581. The molecular formula is C30H30ClN3O5. The number of aliphatic hydroxyl groups is 1. The molecule has 0 bridgehead atoms. The van der Waals surface area contributed by atoms with E-state index in [1.54, 1.807) is 40.1 Å². The summed E-state index contributed by atoms with van der Waals surface area (Å²) in [7, 11) is 0. The predicted molar refractivity (Wildman–Crippen MR) is 147 cm³/mol. The van der Waals surface area contributed by atoms with Gasteiger partial charge in [-0.2, -0.15) is 0 Å². The van der Waals surface area contributed by atoms with Crippen LogP contribution in [0.5, 0.6) is 0 Å². The van der Waals surface area contributed by atoms with Crippen molar-refractivity contribution < 1.29 is 24.2 Å². The number of nitrogens with zero attached hydrogens (tertiary/aromatic N) is 3. The van der Waals surface area contributed by atoms with Crippen LogP contribution in [0.15, 0.2) is 78.9 Å². The highest BCUT2D eigenvalue weighted by Crippen LogP contribution is 2.54. The number of anilines is 2. The van der Waals surface area contributed by atoms with E-state index in [2.05, 4.69) is 0 Å². The van der Waals surface area contributed by atoms with Crippen LogP contribution in [0.1, 0.15) is 13.3 Å². The first-order chi connectivity index (χ1) is 18.9. The third-order valence-corrected chi connectivity index (χ3v) is 8.63. The Bertz CT molecular complexity index is 1340. The fourth-order valence-corrected chi connectivity index (χ4v) is 6.70. The number of carbonyl (C=O) groups is 3. The fraction of sp³-hybridized carbons (Fsp3) is 0.367. The third kappa shape index (κ3) is 3.92. The lowest BCUT2D eigenvalue weighted by molar-refractivity contribution is -0.144. The molecule has 2 fully saturated rings. The molecule has 0 radical (unpaired) electrons. The second-order valence-electron chi connectivity index (χ2n) is 10.4. The van der Waals surface area contributed by atoms with E-state index < -0.39 is 35.6 Å². The van der Waals surface area contributed by atoms with Crippen LogP contribution in [0.2, 0.25) is 5.02 Å². The molecule has 8 nitrogen and oxygen atoms in total. The van der Waals surface area contributed by atoms with Crippen molar-refractivity contribution in [2.45, 2.75) is 37.1 Å². The van der Waals surface area contributed by atoms with E-state index >= 15 is 0 Å². The number of rotatable bonds is 5. The second kappa shape index (κ2) is 9.93. The first-order valence-electron chi connectivity index (χ1n) is 13.3. The highest BCUT2D eigenvalue weighted by molar-refractivity contribution is 6.30. The zero-order valence-electron chi connectivity index (χ0n) is 21.5. The molecule has 1 spiro atoms. The van der Waals surface area contributed by atoms with Gasteiger partial charge in [0.2, 0.25) is 11.8 Å². The van der Waals surface area contributed by atoms with E-state index in [0.29, 0.717) is 23.7 Å². The summed E-state index contributed by atoms with van der Waals surface area (Å²) >= 11 is 6.09. The molecule has 9 heteroatoms. The molecule has 39 heavy (non-hydrogen) atoms.